The molecule has 0 aromatic carbocycles. The first-order valence-corrected chi connectivity index (χ1v) is 7.85. The SMILES string of the molecule is CC(=O)NCCNC(=O)NC12CC3CC(CC(C3)C1)C2. The molecule has 4 saturated carbocycles. The van der Waals surface area contributed by atoms with Crippen molar-refractivity contribution in [2.75, 3.05) is 13.1 Å². The fourth-order valence-corrected chi connectivity index (χ4v) is 4.96. The molecule has 0 heterocycles. The largest absolute Gasteiger partial charge is 0.355 e. The molecule has 4 bridgehead atoms. The Hall–Kier alpha value is -1.26. The fraction of sp³-hybridized carbons (Fsp3) is 0.867. The standard InChI is InChI=1S/C15H25N3O2/c1-10(19)16-2-3-17-14(20)18-15-7-11-4-12(8-15)6-13(5-11)9-15/h11-13H,2-9H2,1H3,(H,16,19)(H2,17,18,20). The van der Waals surface area contributed by atoms with Crippen LogP contribution in [0.25, 0.3) is 0 Å². The Morgan fingerprint density at radius 2 is 1.45 bits per heavy atom. The summed E-state index contributed by atoms with van der Waals surface area (Å²) in [4.78, 5) is 22.8. The third-order valence-corrected chi connectivity index (χ3v) is 5.20. The van der Waals surface area contributed by atoms with Crippen LogP contribution in [0.15, 0.2) is 0 Å². The van der Waals surface area contributed by atoms with Crippen molar-refractivity contribution < 1.29 is 9.59 Å². The Morgan fingerprint density at radius 1 is 0.950 bits per heavy atom. The number of hydrogen-bond donors (Lipinski definition) is 3. The number of amides is 3. The van der Waals surface area contributed by atoms with Gasteiger partial charge in [-0.2, -0.15) is 0 Å². The number of urea groups is 1. The van der Waals surface area contributed by atoms with Gasteiger partial charge in [0.1, 0.15) is 0 Å². The van der Waals surface area contributed by atoms with Gasteiger partial charge in [0, 0.05) is 25.6 Å². The number of carbonyl (C=O) groups is 2. The van der Waals surface area contributed by atoms with E-state index in [0.717, 1.165) is 17.8 Å². The number of rotatable bonds is 4. The molecule has 20 heavy (non-hydrogen) atoms. The highest BCUT2D eigenvalue weighted by molar-refractivity contribution is 5.75. The third kappa shape index (κ3) is 2.91. The lowest BCUT2D eigenvalue weighted by atomic mass is 9.53. The summed E-state index contributed by atoms with van der Waals surface area (Å²) >= 11 is 0. The van der Waals surface area contributed by atoms with Crippen LogP contribution >= 0.6 is 0 Å². The van der Waals surface area contributed by atoms with Gasteiger partial charge in [-0.15, -0.1) is 0 Å². The molecule has 0 atom stereocenters. The summed E-state index contributed by atoms with van der Waals surface area (Å²) in [5, 5.41) is 8.78. The zero-order valence-corrected chi connectivity index (χ0v) is 12.2. The van der Waals surface area contributed by atoms with E-state index >= 15 is 0 Å². The summed E-state index contributed by atoms with van der Waals surface area (Å²) in [6.07, 6.45) is 7.63. The highest BCUT2D eigenvalue weighted by atomic mass is 16.2. The van der Waals surface area contributed by atoms with Crippen molar-refractivity contribution >= 4 is 11.9 Å². The first-order valence-electron chi connectivity index (χ1n) is 7.85. The first-order chi connectivity index (χ1) is 9.55. The summed E-state index contributed by atoms with van der Waals surface area (Å²) in [5.74, 6) is 2.44. The van der Waals surface area contributed by atoms with Crippen molar-refractivity contribution in [3.05, 3.63) is 0 Å². The van der Waals surface area contributed by atoms with E-state index in [1.807, 2.05) is 0 Å². The molecule has 0 radical (unpaired) electrons. The first kappa shape index (κ1) is 13.7. The molecule has 4 rings (SSSR count). The summed E-state index contributed by atoms with van der Waals surface area (Å²) in [7, 11) is 0. The topological polar surface area (TPSA) is 70.2 Å². The second-order valence-electron chi connectivity index (χ2n) is 7.06. The van der Waals surface area contributed by atoms with Crippen molar-refractivity contribution in [3.63, 3.8) is 0 Å². The number of carbonyl (C=O) groups excluding carboxylic acids is 2. The molecule has 0 aromatic rings. The molecule has 0 saturated heterocycles. The maximum absolute atomic E-state index is 12.0. The molecule has 3 N–H and O–H groups in total. The second-order valence-corrected chi connectivity index (χ2v) is 7.06. The van der Waals surface area contributed by atoms with Gasteiger partial charge in [-0.1, -0.05) is 0 Å². The van der Waals surface area contributed by atoms with Gasteiger partial charge in [0.25, 0.3) is 0 Å². The van der Waals surface area contributed by atoms with Crippen LogP contribution in [0.3, 0.4) is 0 Å². The van der Waals surface area contributed by atoms with Crippen LogP contribution in [0.4, 0.5) is 4.79 Å². The Labute approximate surface area is 120 Å². The molecule has 5 heteroatoms. The van der Waals surface area contributed by atoms with Crippen LogP contribution < -0.4 is 16.0 Å². The van der Waals surface area contributed by atoms with Crippen LogP contribution in [-0.2, 0) is 4.79 Å². The molecule has 0 spiro atoms. The number of nitrogens with one attached hydrogen (secondary N) is 3. The predicted octanol–water partition coefficient (Wildman–Crippen LogP) is 1.39. The van der Waals surface area contributed by atoms with Gasteiger partial charge in [-0.3, -0.25) is 4.79 Å². The maximum atomic E-state index is 12.0. The summed E-state index contributed by atoms with van der Waals surface area (Å²) in [6, 6.07) is -0.0719. The molecule has 112 valence electrons. The summed E-state index contributed by atoms with van der Waals surface area (Å²) < 4.78 is 0. The van der Waals surface area contributed by atoms with Crippen LogP contribution in [0.2, 0.25) is 0 Å². The van der Waals surface area contributed by atoms with Gasteiger partial charge in [-0.05, 0) is 56.3 Å². The van der Waals surface area contributed by atoms with Crippen LogP contribution in [0.1, 0.15) is 45.4 Å². The Balaban J connectivity index is 1.47. The van der Waals surface area contributed by atoms with Crippen molar-refractivity contribution in [3.8, 4) is 0 Å². The number of hydrogen-bond acceptors (Lipinski definition) is 2. The molecular formula is C15H25N3O2. The van der Waals surface area contributed by atoms with Crippen molar-refractivity contribution in [1.29, 1.82) is 0 Å². The van der Waals surface area contributed by atoms with Gasteiger partial charge in [0.05, 0.1) is 0 Å². The molecule has 3 amide bonds. The monoisotopic (exact) mass is 279 g/mol. The van der Waals surface area contributed by atoms with E-state index < -0.39 is 0 Å². The van der Waals surface area contributed by atoms with Crippen molar-refractivity contribution in [2.24, 2.45) is 17.8 Å². The Kier molecular flexibility index (Phi) is 3.61. The predicted molar refractivity (Wildman–Crippen MR) is 76.1 cm³/mol. The van der Waals surface area contributed by atoms with Gasteiger partial charge in [0.15, 0.2) is 0 Å². The van der Waals surface area contributed by atoms with E-state index in [1.165, 1.54) is 45.4 Å². The Morgan fingerprint density at radius 3 is 1.95 bits per heavy atom. The second kappa shape index (κ2) is 5.26. The summed E-state index contributed by atoms with van der Waals surface area (Å²) in [5.41, 5.74) is 0.0623. The maximum Gasteiger partial charge on any atom is 0.315 e. The Bertz CT molecular complexity index is 373. The molecule has 0 aliphatic heterocycles. The van der Waals surface area contributed by atoms with E-state index in [0.29, 0.717) is 13.1 Å². The van der Waals surface area contributed by atoms with Crippen molar-refractivity contribution in [2.45, 2.75) is 51.0 Å². The smallest absolute Gasteiger partial charge is 0.315 e. The minimum atomic E-state index is -0.0719. The summed E-state index contributed by atoms with van der Waals surface area (Å²) in [6.45, 7) is 2.46. The van der Waals surface area contributed by atoms with E-state index in [9.17, 15) is 9.59 Å². The average molecular weight is 279 g/mol. The van der Waals surface area contributed by atoms with Crippen LogP contribution in [0, 0.1) is 17.8 Å². The molecule has 4 fully saturated rings. The van der Waals surface area contributed by atoms with Crippen molar-refractivity contribution in [1.82, 2.24) is 16.0 Å². The lowest BCUT2D eigenvalue weighted by Gasteiger charge is -2.56. The minimum absolute atomic E-state index is 0.0618. The lowest BCUT2D eigenvalue weighted by Crippen LogP contribution is -2.61. The van der Waals surface area contributed by atoms with E-state index in [4.69, 9.17) is 0 Å². The highest BCUT2D eigenvalue weighted by Gasteiger charge is 2.51. The molecule has 0 aromatic heterocycles. The lowest BCUT2D eigenvalue weighted by molar-refractivity contribution is -0.118. The van der Waals surface area contributed by atoms with E-state index in [1.54, 1.807) is 0 Å². The van der Waals surface area contributed by atoms with Gasteiger partial charge in [-0.25, -0.2) is 4.79 Å². The van der Waals surface area contributed by atoms with Crippen LogP contribution in [0.5, 0.6) is 0 Å². The molecule has 5 nitrogen and oxygen atoms in total. The highest BCUT2D eigenvalue weighted by Crippen LogP contribution is 2.55. The minimum Gasteiger partial charge on any atom is -0.355 e. The zero-order valence-electron chi connectivity index (χ0n) is 12.2. The molecule has 4 aliphatic rings. The average Bonchev–Trinajstić information content (AvgIpc) is 2.32. The van der Waals surface area contributed by atoms with Crippen LogP contribution in [-0.4, -0.2) is 30.6 Å². The normalized spacial score (nSPS) is 37.5. The van der Waals surface area contributed by atoms with E-state index in [2.05, 4.69) is 16.0 Å². The van der Waals surface area contributed by atoms with Gasteiger partial charge >= 0.3 is 6.03 Å². The third-order valence-electron chi connectivity index (χ3n) is 5.20. The van der Waals surface area contributed by atoms with Gasteiger partial charge in [0.2, 0.25) is 5.91 Å². The fourth-order valence-electron chi connectivity index (χ4n) is 4.96. The van der Waals surface area contributed by atoms with Gasteiger partial charge < -0.3 is 16.0 Å². The molecule has 4 aliphatic carbocycles. The molecule has 0 unspecified atom stereocenters. The van der Waals surface area contributed by atoms with E-state index in [-0.39, 0.29) is 17.5 Å². The zero-order chi connectivity index (χ0) is 14.2. The molecular weight excluding hydrogens is 254 g/mol. The quantitative estimate of drug-likeness (QED) is 0.681.